The molecule has 1 aliphatic heterocycles. The molecule has 0 unspecified atom stereocenters. The maximum Gasteiger partial charge on any atom is 0.232 e. The van der Waals surface area contributed by atoms with E-state index in [9.17, 15) is 13.2 Å². The Balaban J connectivity index is 0.00000312. The molecule has 1 aromatic carbocycles. The average molecular weight is 393 g/mol. The highest BCUT2D eigenvalue weighted by Gasteiger charge is 2.38. The van der Waals surface area contributed by atoms with Gasteiger partial charge in [0.05, 0.1) is 11.2 Å². The summed E-state index contributed by atoms with van der Waals surface area (Å²) < 4.78 is 33.0. The minimum atomic E-state index is -3.07. The number of anilines is 1. The van der Waals surface area contributed by atoms with E-state index < -0.39 is 15.3 Å². The first kappa shape index (κ1) is 21.7. The van der Waals surface area contributed by atoms with Gasteiger partial charge in [-0.2, -0.15) is 0 Å². The van der Waals surface area contributed by atoms with Crippen LogP contribution in [0.1, 0.15) is 12.8 Å². The van der Waals surface area contributed by atoms with Crippen molar-refractivity contribution in [2.75, 3.05) is 43.7 Å². The molecule has 1 heterocycles. The Kier molecular flexibility index (Phi) is 8.14. The number of benzene rings is 1. The number of nitrogens with one attached hydrogen (secondary N) is 1. The van der Waals surface area contributed by atoms with Crippen molar-refractivity contribution in [3.05, 3.63) is 24.3 Å². The molecule has 2 rings (SSSR count). The lowest BCUT2D eigenvalue weighted by atomic mass is 9.79. The molecule has 1 amide bonds. The lowest BCUT2D eigenvalue weighted by Gasteiger charge is -2.34. The molecule has 0 radical (unpaired) electrons. The molecule has 1 aromatic rings. The fourth-order valence-corrected chi connectivity index (χ4v) is 2.91. The Hall–Kier alpha value is -1.35. The number of carbonyl (C=O) groups is 1. The first-order valence-electron chi connectivity index (χ1n) is 7.84. The van der Waals surface area contributed by atoms with Gasteiger partial charge in [-0.1, -0.05) is 6.07 Å². The summed E-state index contributed by atoms with van der Waals surface area (Å²) in [7, 11) is -3.07. The zero-order valence-corrected chi connectivity index (χ0v) is 15.8. The van der Waals surface area contributed by atoms with Crippen LogP contribution in [0.3, 0.4) is 0 Å². The van der Waals surface area contributed by atoms with Gasteiger partial charge in [0.1, 0.15) is 12.4 Å². The quantitative estimate of drug-likeness (QED) is 0.722. The third kappa shape index (κ3) is 6.47. The molecule has 7 nitrogen and oxygen atoms in total. The Bertz CT molecular complexity index is 675. The Morgan fingerprint density at radius 3 is 2.64 bits per heavy atom. The van der Waals surface area contributed by atoms with Gasteiger partial charge in [0.15, 0.2) is 9.84 Å². The average Bonchev–Trinajstić information content (AvgIpc) is 2.54. The van der Waals surface area contributed by atoms with Gasteiger partial charge >= 0.3 is 0 Å². The van der Waals surface area contributed by atoms with Gasteiger partial charge in [-0.15, -0.1) is 12.4 Å². The van der Waals surface area contributed by atoms with E-state index in [-0.39, 0.29) is 37.2 Å². The summed E-state index contributed by atoms with van der Waals surface area (Å²) >= 11 is 0. The zero-order valence-electron chi connectivity index (χ0n) is 14.2. The van der Waals surface area contributed by atoms with E-state index in [1.165, 1.54) is 0 Å². The third-order valence-corrected chi connectivity index (χ3v) is 5.05. The Labute approximate surface area is 154 Å². The van der Waals surface area contributed by atoms with E-state index in [2.05, 4.69) is 5.32 Å². The van der Waals surface area contributed by atoms with Gasteiger partial charge in [0.2, 0.25) is 5.91 Å². The van der Waals surface area contributed by atoms with Crippen LogP contribution < -0.4 is 15.8 Å². The molecule has 0 saturated carbocycles. The molecule has 25 heavy (non-hydrogen) atoms. The molecular formula is C16H25ClN2O5S. The molecule has 0 atom stereocenters. The van der Waals surface area contributed by atoms with Crippen LogP contribution in [-0.2, 0) is 19.4 Å². The predicted octanol–water partition coefficient (Wildman–Crippen LogP) is 1.23. The van der Waals surface area contributed by atoms with Crippen molar-refractivity contribution in [2.24, 2.45) is 11.1 Å². The van der Waals surface area contributed by atoms with Crippen molar-refractivity contribution in [3.8, 4) is 5.75 Å². The zero-order chi connectivity index (χ0) is 17.6. The monoisotopic (exact) mass is 392 g/mol. The van der Waals surface area contributed by atoms with Crippen LogP contribution in [0.5, 0.6) is 5.75 Å². The highest BCUT2D eigenvalue weighted by molar-refractivity contribution is 7.90. The molecule has 9 heteroatoms. The van der Waals surface area contributed by atoms with Crippen molar-refractivity contribution >= 4 is 33.8 Å². The third-order valence-electron chi connectivity index (χ3n) is 4.14. The number of hydrogen-bond donors (Lipinski definition) is 2. The van der Waals surface area contributed by atoms with Crippen LogP contribution in [0.4, 0.5) is 5.69 Å². The molecule has 1 fully saturated rings. The summed E-state index contributed by atoms with van der Waals surface area (Å²) in [6.45, 7) is 1.39. The highest BCUT2D eigenvalue weighted by Crippen LogP contribution is 2.31. The van der Waals surface area contributed by atoms with Crippen molar-refractivity contribution in [2.45, 2.75) is 12.8 Å². The van der Waals surface area contributed by atoms with E-state index >= 15 is 0 Å². The van der Waals surface area contributed by atoms with Crippen molar-refractivity contribution in [1.29, 1.82) is 0 Å². The van der Waals surface area contributed by atoms with E-state index in [4.69, 9.17) is 15.2 Å². The number of sulfone groups is 1. The van der Waals surface area contributed by atoms with Gasteiger partial charge in [-0.05, 0) is 25.0 Å². The molecule has 0 bridgehead atoms. The van der Waals surface area contributed by atoms with Gasteiger partial charge in [-0.25, -0.2) is 8.42 Å². The minimum absolute atomic E-state index is 0. The summed E-state index contributed by atoms with van der Waals surface area (Å²) in [5, 5.41) is 2.88. The largest absolute Gasteiger partial charge is 0.492 e. The normalized spacial score (nSPS) is 16.6. The van der Waals surface area contributed by atoms with Gasteiger partial charge in [-0.3, -0.25) is 4.79 Å². The second kappa shape index (κ2) is 9.38. The second-order valence-electron chi connectivity index (χ2n) is 6.06. The fourth-order valence-electron chi connectivity index (χ4n) is 2.52. The highest BCUT2D eigenvalue weighted by atomic mass is 35.5. The van der Waals surface area contributed by atoms with Gasteiger partial charge < -0.3 is 20.5 Å². The molecule has 1 aliphatic rings. The van der Waals surface area contributed by atoms with Crippen LogP contribution in [0.2, 0.25) is 0 Å². The summed E-state index contributed by atoms with van der Waals surface area (Å²) in [6.07, 6.45) is 2.35. The molecular weight excluding hydrogens is 368 g/mol. The molecule has 1 saturated heterocycles. The number of ether oxygens (including phenoxy) is 2. The Morgan fingerprint density at radius 1 is 1.36 bits per heavy atom. The number of hydrogen-bond acceptors (Lipinski definition) is 6. The second-order valence-corrected chi connectivity index (χ2v) is 8.32. The fraction of sp³-hybridized carbons (Fsp3) is 0.562. The maximum atomic E-state index is 12.6. The van der Waals surface area contributed by atoms with Crippen LogP contribution in [0, 0.1) is 5.41 Å². The number of halogens is 1. The molecule has 0 aromatic heterocycles. The van der Waals surface area contributed by atoms with E-state index in [1.54, 1.807) is 24.3 Å². The smallest absolute Gasteiger partial charge is 0.232 e. The lowest BCUT2D eigenvalue weighted by Crippen LogP contribution is -2.46. The van der Waals surface area contributed by atoms with Crippen LogP contribution in [0.15, 0.2) is 24.3 Å². The van der Waals surface area contributed by atoms with Crippen molar-refractivity contribution < 1.29 is 22.7 Å². The first-order chi connectivity index (χ1) is 11.3. The van der Waals surface area contributed by atoms with Crippen LogP contribution in [-0.4, -0.2) is 52.7 Å². The van der Waals surface area contributed by atoms with E-state index in [1.807, 2.05) is 0 Å². The Morgan fingerprint density at radius 2 is 2.04 bits per heavy atom. The topological polar surface area (TPSA) is 108 Å². The molecule has 0 aliphatic carbocycles. The number of amides is 1. The number of nitrogens with two attached hydrogens (primary N) is 1. The van der Waals surface area contributed by atoms with Crippen molar-refractivity contribution in [3.63, 3.8) is 0 Å². The molecule has 3 N–H and O–H groups in total. The van der Waals surface area contributed by atoms with Crippen LogP contribution in [0.25, 0.3) is 0 Å². The predicted molar refractivity (Wildman–Crippen MR) is 99.1 cm³/mol. The molecule has 142 valence electrons. The summed E-state index contributed by atoms with van der Waals surface area (Å²) in [6, 6.07) is 6.88. The lowest BCUT2D eigenvalue weighted by molar-refractivity contribution is -0.130. The minimum Gasteiger partial charge on any atom is -0.492 e. The number of carbonyl (C=O) groups excluding carboxylic acids is 1. The first-order valence-corrected chi connectivity index (χ1v) is 9.91. The van der Waals surface area contributed by atoms with E-state index in [0.29, 0.717) is 37.5 Å². The SMILES string of the molecule is CS(=O)(=O)CCOc1cccc(NC(=O)C2(CN)CCOCC2)c1.Cl. The van der Waals surface area contributed by atoms with Gasteiger partial charge in [0, 0.05) is 37.8 Å². The summed E-state index contributed by atoms with van der Waals surface area (Å²) in [5.74, 6) is 0.326. The molecule has 0 spiro atoms. The van der Waals surface area contributed by atoms with Crippen molar-refractivity contribution in [1.82, 2.24) is 0 Å². The maximum absolute atomic E-state index is 12.6. The number of rotatable bonds is 7. The summed E-state index contributed by atoms with van der Waals surface area (Å²) in [5.41, 5.74) is 5.82. The van der Waals surface area contributed by atoms with Gasteiger partial charge in [0.25, 0.3) is 0 Å². The van der Waals surface area contributed by atoms with Crippen LogP contribution >= 0.6 is 12.4 Å². The standard InChI is InChI=1S/C16H24N2O5S.ClH/c1-24(20,21)10-9-23-14-4-2-3-13(11-14)18-15(19)16(12-17)5-7-22-8-6-16;/h2-4,11H,5-10,12,17H2,1H3,(H,18,19);1H. The summed E-state index contributed by atoms with van der Waals surface area (Å²) in [4.78, 5) is 12.6. The van der Waals surface area contributed by atoms with E-state index in [0.717, 1.165) is 6.26 Å².